The molecule has 0 saturated heterocycles. The highest BCUT2D eigenvalue weighted by molar-refractivity contribution is 5.89. The van der Waals surface area contributed by atoms with Crippen LogP contribution in [-0.2, 0) is 4.74 Å². The first kappa shape index (κ1) is 18.1. The van der Waals surface area contributed by atoms with Crippen LogP contribution in [0.4, 0.5) is 15.3 Å². The van der Waals surface area contributed by atoms with Crippen molar-refractivity contribution in [2.75, 3.05) is 5.32 Å². The minimum Gasteiger partial charge on any atom is -0.444 e. The monoisotopic (exact) mass is 333 g/mol. The fourth-order valence-electron chi connectivity index (χ4n) is 2.73. The Labute approximate surface area is 143 Å². The average molecular weight is 333 g/mol. The quantitative estimate of drug-likeness (QED) is 0.790. The molecule has 6 heteroatoms. The van der Waals surface area contributed by atoms with Gasteiger partial charge in [0.15, 0.2) is 0 Å². The van der Waals surface area contributed by atoms with E-state index in [4.69, 9.17) is 4.74 Å². The number of hydrogen-bond donors (Lipinski definition) is 3. The van der Waals surface area contributed by atoms with Crippen molar-refractivity contribution in [1.82, 2.24) is 10.6 Å². The Balaban J connectivity index is 1.69. The first-order chi connectivity index (χ1) is 11.3. The second-order valence-electron chi connectivity index (χ2n) is 7.16. The van der Waals surface area contributed by atoms with Crippen molar-refractivity contribution in [2.45, 2.75) is 64.1 Å². The van der Waals surface area contributed by atoms with E-state index in [0.717, 1.165) is 31.4 Å². The van der Waals surface area contributed by atoms with Gasteiger partial charge in [-0.3, -0.25) is 0 Å². The summed E-state index contributed by atoms with van der Waals surface area (Å²) >= 11 is 0. The summed E-state index contributed by atoms with van der Waals surface area (Å²) in [6.07, 6.45) is 2.96. The first-order valence-electron chi connectivity index (χ1n) is 8.44. The largest absolute Gasteiger partial charge is 0.444 e. The summed E-state index contributed by atoms with van der Waals surface area (Å²) in [6, 6.07) is 9.40. The molecule has 3 N–H and O–H groups in total. The average Bonchev–Trinajstić information content (AvgIpc) is 2.48. The van der Waals surface area contributed by atoms with Crippen molar-refractivity contribution in [3.05, 3.63) is 30.3 Å². The Morgan fingerprint density at radius 1 is 0.958 bits per heavy atom. The van der Waals surface area contributed by atoms with E-state index in [1.54, 1.807) is 0 Å². The highest BCUT2D eigenvalue weighted by atomic mass is 16.6. The zero-order valence-electron chi connectivity index (χ0n) is 14.6. The molecule has 1 aromatic rings. The molecule has 6 nitrogen and oxygen atoms in total. The van der Waals surface area contributed by atoms with Crippen LogP contribution in [-0.4, -0.2) is 29.8 Å². The van der Waals surface area contributed by atoms with Crippen LogP contribution in [0.3, 0.4) is 0 Å². The van der Waals surface area contributed by atoms with Gasteiger partial charge in [0.25, 0.3) is 0 Å². The molecule has 0 unspecified atom stereocenters. The minimum atomic E-state index is -0.488. The molecule has 1 saturated carbocycles. The van der Waals surface area contributed by atoms with E-state index in [1.165, 1.54) is 0 Å². The van der Waals surface area contributed by atoms with Gasteiger partial charge in [0, 0.05) is 17.8 Å². The standard InChI is InChI=1S/C18H27N3O3/c1-18(2,3)24-17(23)21-15-11-9-14(10-12-15)20-16(22)19-13-7-5-4-6-8-13/h4-8,14-15H,9-12H2,1-3H3,(H,21,23)(H2,19,20,22). The van der Waals surface area contributed by atoms with Gasteiger partial charge in [-0.25, -0.2) is 9.59 Å². The van der Waals surface area contributed by atoms with Crippen LogP contribution in [0.1, 0.15) is 46.5 Å². The van der Waals surface area contributed by atoms with Gasteiger partial charge in [-0.1, -0.05) is 18.2 Å². The van der Waals surface area contributed by atoms with Gasteiger partial charge in [-0.15, -0.1) is 0 Å². The van der Waals surface area contributed by atoms with E-state index in [-0.39, 0.29) is 24.2 Å². The lowest BCUT2D eigenvalue weighted by Crippen LogP contribution is -2.45. The van der Waals surface area contributed by atoms with Gasteiger partial charge in [0.05, 0.1) is 0 Å². The van der Waals surface area contributed by atoms with Crippen LogP contribution < -0.4 is 16.0 Å². The lowest BCUT2D eigenvalue weighted by Gasteiger charge is -2.30. The zero-order valence-corrected chi connectivity index (χ0v) is 14.6. The summed E-state index contributed by atoms with van der Waals surface area (Å²) in [6.45, 7) is 5.54. The number of carbonyl (C=O) groups excluding carboxylic acids is 2. The van der Waals surface area contributed by atoms with Gasteiger partial charge >= 0.3 is 12.1 Å². The smallest absolute Gasteiger partial charge is 0.407 e. The van der Waals surface area contributed by atoms with Gasteiger partial charge in [0.1, 0.15) is 5.60 Å². The Morgan fingerprint density at radius 3 is 2.04 bits per heavy atom. The van der Waals surface area contributed by atoms with Crippen molar-refractivity contribution in [2.24, 2.45) is 0 Å². The molecule has 1 aromatic carbocycles. The summed E-state index contributed by atoms with van der Waals surface area (Å²) in [4.78, 5) is 23.8. The maximum absolute atomic E-state index is 12.0. The predicted molar refractivity (Wildman–Crippen MR) is 94.0 cm³/mol. The van der Waals surface area contributed by atoms with E-state index in [2.05, 4.69) is 16.0 Å². The fourth-order valence-corrected chi connectivity index (χ4v) is 2.73. The Hall–Kier alpha value is -2.24. The number of carbonyl (C=O) groups is 2. The van der Waals surface area contributed by atoms with Crippen LogP contribution in [0.15, 0.2) is 30.3 Å². The zero-order chi connectivity index (χ0) is 17.6. The van der Waals surface area contributed by atoms with Gasteiger partial charge in [-0.05, 0) is 58.6 Å². The van der Waals surface area contributed by atoms with Crippen molar-refractivity contribution >= 4 is 17.8 Å². The molecule has 1 aliphatic carbocycles. The van der Waals surface area contributed by atoms with E-state index in [9.17, 15) is 9.59 Å². The van der Waals surface area contributed by atoms with Crippen LogP contribution >= 0.6 is 0 Å². The second kappa shape index (κ2) is 8.04. The molecule has 1 aliphatic rings. The number of hydrogen-bond acceptors (Lipinski definition) is 3. The molecule has 0 spiro atoms. The summed E-state index contributed by atoms with van der Waals surface area (Å²) in [5.74, 6) is 0. The number of amides is 3. The van der Waals surface area contributed by atoms with Crippen molar-refractivity contribution in [3.63, 3.8) is 0 Å². The Bertz CT molecular complexity index is 546. The number of benzene rings is 1. The van der Waals surface area contributed by atoms with Crippen molar-refractivity contribution in [3.8, 4) is 0 Å². The number of ether oxygens (including phenoxy) is 1. The van der Waals surface area contributed by atoms with Crippen molar-refractivity contribution < 1.29 is 14.3 Å². The third-order valence-corrected chi connectivity index (χ3v) is 3.81. The molecule has 0 heterocycles. The predicted octanol–water partition coefficient (Wildman–Crippen LogP) is 3.64. The lowest BCUT2D eigenvalue weighted by molar-refractivity contribution is 0.0490. The Kier molecular flexibility index (Phi) is 6.06. The molecule has 24 heavy (non-hydrogen) atoms. The van der Waals surface area contributed by atoms with Crippen LogP contribution in [0.25, 0.3) is 0 Å². The van der Waals surface area contributed by atoms with Crippen LogP contribution in [0.2, 0.25) is 0 Å². The number of para-hydroxylation sites is 1. The molecule has 0 aromatic heterocycles. The van der Waals surface area contributed by atoms with E-state index in [1.807, 2.05) is 51.1 Å². The molecule has 2 rings (SSSR count). The number of nitrogens with one attached hydrogen (secondary N) is 3. The summed E-state index contributed by atoms with van der Waals surface area (Å²) in [5, 5.41) is 8.70. The number of alkyl carbamates (subject to hydrolysis) is 1. The minimum absolute atomic E-state index is 0.107. The molecule has 0 radical (unpaired) electrons. The summed E-state index contributed by atoms with van der Waals surface area (Å²) in [5.41, 5.74) is 0.286. The lowest BCUT2D eigenvalue weighted by atomic mass is 9.91. The van der Waals surface area contributed by atoms with Gasteiger partial charge < -0.3 is 20.7 Å². The highest BCUT2D eigenvalue weighted by Gasteiger charge is 2.25. The van der Waals surface area contributed by atoms with E-state index >= 15 is 0 Å². The maximum atomic E-state index is 12.0. The molecule has 1 fully saturated rings. The van der Waals surface area contributed by atoms with E-state index < -0.39 is 5.60 Å². The molecule has 132 valence electrons. The third-order valence-electron chi connectivity index (χ3n) is 3.81. The third kappa shape index (κ3) is 6.48. The fraction of sp³-hybridized carbons (Fsp3) is 0.556. The highest BCUT2D eigenvalue weighted by Crippen LogP contribution is 2.19. The topological polar surface area (TPSA) is 79.5 Å². The second-order valence-corrected chi connectivity index (χ2v) is 7.16. The van der Waals surface area contributed by atoms with Crippen molar-refractivity contribution in [1.29, 1.82) is 0 Å². The number of urea groups is 1. The number of rotatable bonds is 3. The van der Waals surface area contributed by atoms with E-state index in [0.29, 0.717) is 0 Å². The Morgan fingerprint density at radius 2 is 1.50 bits per heavy atom. The molecule has 0 atom stereocenters. The maximum Gasteiger partial charge on any atom is 0.407 e. The molecular weight excluding hydrogens is 306 g/mol. The SMILES string of the molecule is CC(C)(C)OC(=O)NC1CCC(NC(=O)Nc2ccccc2)CC1. The van der Waals surface area contributed by atoms with Crippen LogP contribution in [0.5, 0.6) is 0 Å². The summed E-state index contributed by atoms with van der Waals surface area (Å²) in [7, 11) is 0. The van der Waals surface area contributed by atoms with Gasteiger partial charge in [-0.2, -0.15) is 0 Å². The summed E-state index contributed by atoms with van der Waals surface area (Å²) < 4.78 is 5.27. The normalized spacial score (nSPS) is 20.8. The number of anilines is 1. The first-order valence-corrected chi connectivity index (χ1v) is 8.44. The molecule has 3 amide bonds. The van der Waals surface area contributed by atoms with Gasteiger partial charge in [0.2, 0.25) is 0 Å². The van der Waals surface area contributed by atoms with Crippen LogP contribution in [0, 0.1) is 0 Å². The molecule has 0 bridgehead atoms. The molecular formula is C18H27N3O3. The molecule has 0 aliphatic heterocycles.